The van der Waals surface area contributed by atoms with Crippen LogP contribution in [0.5, 0.6) is 5.75 Å². The summed E-state index contributed by atoms with van der Waals surface area (Å²) in [4.78, 5) is 21.8. The lowest BCUT2D eigenvalue weighted by molar-refractivity contribution is 0.0750. The molecule has 0 aliphatic heterocycles. The molecule has 172 valence electrons. The van der Waals surface area contributed by atoms with Crippen LogP contribution in [0.3, 0.4) is 0 Å². The number of carbonyl (C=O) groups is 2. The van der Waals surface area contributed by atoms with Gasteiger partial charge in [0.2, 0.25) is 0 Å². The number of carboxylic acid groups (broad SMARTS) is 2. The van der Waals surface area contributed by atoms with Crippen molar-refractivity contribution in [3.05, 3.63) is 29.8 Å². The summed E-state index contributed by atoms with van der Waals surface area (Å²) >= 11 is 3.66. The second kappa shape index (κ2) is 13.5. The topological polar surface area (TPSA) is 122 Å². The highest BCUT2D eigenvalue weighted by molar-refractivity contribution is 9.09. The highest BCUT2D eigenvalue weighted by atomic mass is 79.9. The van der Waals surface area contributed by atoms with E-state index in [1.54, 1.807) is 12.1 Å². The fourth-order valence-corrected chi connectivity index (χ4v) is 3.43. The largest absolute Gasteiger partial charge is 0.503 e. The molecule has 0 saturated heterocycles. The molecule has 0 radical (unpaired) electrons. The molecule has 0 bridgehead atoms. The summed E-state index contributed by atoms with van der Waals surface area (Å²) in [5, 5.41) is 17.0. The van der Waals surface area contributed by atoms with Crippen LogP contribution in [-0.2, 0) is 0 Å². The minimum absolute atomic E-state index is 0.161. The third kappa shape index (κ3) is 10.8. The third-order valence-corrected chi connectivity index (χ3v) is 5.63. The molecule has 0 aliphatic rings. The quantitative estimate of drug-likeness (QED) is 0.255. The van der Waals surface area contributed by atoms with Gasteiger partial charge >= 0.3 is 6.16 Å². The van der Waals surface area contributed by atoms with E-state index in [0.29, 0.717) is 22.7 Å². The average molecular weight is 489 g/mol. The molecule has 2 atom stereocenters. The predicted octanol–water partition coefficient (Wildman–Crippen LogP) is 5.47. The number of ether oxygens (including phenoxy) is 1. The molecule has 1 aromatic carbocycles. The average Bonchev–Trinajstić information content (AvgIpc) is 2.61. The minimum Gasteiger partial charge on any atom is -0.494 e. The van der Waals surface area contributed by atoms with Crippen LogP contribution in [0.2, 0.25) is 0 Å². The first-order chi connectivity index (χ1) is 13.9. The number of hydrogen-bond acceptors (Lipinski definition) is 4. The highest BCUT2D eigenvalue weighted by Gasteiger charge is 2.38. The number of carbonyl (C=O) groups excluding carboxylic acids is 1. The third-order valence-electron chi connectivity index (χ3n) is 4.72. The van der Waals surface area contributed by atoms with Crippen LogP contribution in [0.15, 0.2) is 24.3 Å². The second-order valence-electron chi connectivity index (χ2n) is 8.26. The van der Waals surface area contributed by atoms with Gasteiger partial charge in [-0.25, -0.2) is 4.79 Å². The highest BCUT2D eigenvalue weighted by Crippen LogP contribution is 2.30. The standard InChI is InChI=1S/C21H35BrN2O2.CH2O3/c1-6-9-17(22)12-14-26-18-11-8-10-16(15-18)19(25)24-21(23,13-7-2)20(3,4)5;2-1(3)4/h8,10-11,15,17H,6-7,9,12-14,23H2,1-5H3,(H,24,25);(H2,2,3,4). The van der Waals surface area contributed by atoms with Crippen LogP contribution in [0.4, 0.5) is 4.79 Å². The molecular formula is C22H37BrN2O5. The Bertz CT molecular complexity index is 659. The zero-order valence-corrected chi connectivity index (χ0v) is 20.3. The molecule has 8 heteroatoms. The molecule has 0 aromatic heterocycles. The van der Waals surface area contributed by atoms with Crippen LogP contribution >= 0.6 is 15.9 Å². The van der Waals surface area contributed by atoms with Gasteiger partial charge in [-0.15, -0.1) is 0 Å². The zero-order chi connectivity index (χ0) is 23.4. The lowest BCUT2D eigenvalue weighted by Crippen LogP contribution is -2.63. The van der Waals surface area contributed by atoms with Crippen molar-refractivity contribution >= 4 is 28.0 Å². The predicted molar refractivity (Wildman–Crippen MR) is 124 cm³/mol. The summed E-state index contributed by atoms with van der Waals surface area (Å²) in [6, 6.07) is 7.30. The number of benzene rings is 1. The number of amides is 1. The summed E-state index contributed by atoms with van der Waals surface area (Å²) < 4.78 is 5.82. The Balaban J connectivity index is 0.00000192. The molecule has 2 unspecified atom stereocenters. The summed E-state index contributed by atoms with van der Waals surface area (Å²) in [5.74, 6) is 0.549. The smallest absolute Gasteiger partial charge is 0.494 e. The lowest BCUT2D eigenvalue weighted by Gasteiger charge is -2.42. The molecular weight excluding hydrogens is 452 g/mol. The van der Waals surface area contributed by atoms with Crippen molar-refractivity contribution < 1.29 is 24.5 Å². The first kappa shape index (κ1) is 28.2. The van der Waals surface area contributed by atoms with E-state index in [4.69, 9.17) is 25.5 Å². The van der Waals surface area contributed by atoms with Gasteiger partial charge in [0.15, 0.2) is 0 Å². The van der Waals surface area contributed by atoms with Gasteiger partial charge in [0.1, 0.15) is 5.75 Å². The molecule has 0 spiro atoms. The fourth-order valence-electron chi connectivity index (χ4n) is 2.78. The molecule has 1 amide bonds. The normalized spacial score (nSPS) is 14.0. The van der Waals surface area contributed by atoms with Crippen molar-refractivity contribution in [1.82, 2.24) is 5.32 Å². The van der Waals surface area contributed by atoms with Gasteiger partial charge < -0.3 is 26.0 Å². The van der Waals surface area contributed by atoms with Gasteiger partial charge in [-0.3, -0.25) is 4.79 Å². The van der Waals surface area contributed by atoms with Crippen LogP contribution in [0, 0.1) is 5.41 Å². The van der Waals surface area contributed by atoms with E-state index < -0.39 is 11.8 Å². The lowest BCUT2D eigenvalue weighted by atomic mass is 9.78. The fraction of sp³-hybridized carbons (Fsp3) is 0.636. The molecule has 0 aliphatic carbocycles. The molecule has 5 N–H and O–H groups in total. The number of halogens is 1. The number of rotatable bonds is 10. The molecule has 7 nitrogen and oxygen atoms in total. The zero-order valence-electron chi connectivity index (χ0n) is 18.7. The second-order valence-corrected chi connectivity index (χ2v) is 9.55. The van der Waals surface area contributed by atoms with E-state index in [9.17, 15) is 4.79 Å². The maximum Gasteiger partial charge on any atom is 0.503 e. The van der Waals surface area contributed by atoms with E-state index in [2.05, 4.69) is 55.9 Å². The van der Waals surface area contributed by atoms with Crippen LogP contribution in [0.1, 0.15) is 77.1 Å². The van der Waals surface area contributed by atoms with Crippen molar-refractivity contribution in [2.75, 3.05) is 6.61 Å². The monoisotopic (exact) mass is 488 g/mol. The maximum atomic E-state index is 12.7. The van der Waals surface area contributed by atoms with E-state index in [1.807, 2.05) is 12.1 Å². The van der Waals surface area contributed by atoms with Crippen LogP contribution < -0.4 is 15.8 Å². The molecule has 1 rings (SSSR count). The van der Waals surface area contributed by atoms with E-state index in [-0.39, 0.29) is 11.3 Å². The summed E-state index contributed by atoms with van der Waals surface area (Å²) in [7, 11) is 0. The molecule has 0 fully saturated rings. The van der Waals surface area contributed by atoms with Crippen LogP contribution in [0.25, 0.3) is 0 Å². The van der Waals surface area contributed by atoms with Crippen molar-refractivity contribution in [1.29, 1.82) is 0 Å². The van der Waals surface area contributed by atoms with Crippen molar-refractivity contribution in [2.45, 2.75) is 77.2 Å². The Morgan fingerprint density at radius 1 is 1.17 bits per heavy atom. The minimum atomic E-state index is -1.83. The van der Waals surface area contributed by atoms with E-state index in [0.717, 1.165) is 32.1 Å². The van der Waals surface area contributed by atoms with Gasteiger partial charge in [-0.05, 0) is 42.9 Å². The summed E-state index contributed by atoms with van der Waals surface area (Å²) in [6.45, 7) is 11.0. The first-order valence-electron chi connectivity index (χ1n) is 10.3. The van der Waals surface area contributed by atoms with Crippen molar-refractivity contribution in [2.24, 2.45) is 11.1 Å². The first-order valence-corrected chi connectivity index (χ1v) is 11.2. The van der Waals surface area contributed by atoms with Gasteiger partial charge in [0, 0.05) is 10.4 Å². The Hall–Kier alpha value is -1.80. The SMILES string of the molecule is CCCC(Br)CCOc1cccc(C(=O)NC(N)(CCC)C(C)(C)C)c1.O=C(O)O. The molecule has 30 heavy (non-hydrogen) atoms. The summed E-state index contributed by atoms with van der Waals surface area (Å²) in [6.07, 6.45) is 3.02. The maximum absolute atomic E-state index is 12.7. The Labute approximate surface area is 188 Å². The Morgan fingerprint density at radius 2 is 1.77 bits per heavy atom. The Morgan fingerprint density at radius 3 is 2.27 bits per heavy atom. The van der Waals surface area contributed by atoms with Gasteiger partial charge in [-0.2, -0.15) is 0 Å². The number of nitrogens with one attached hydrogen (secondary N) is 1. The molecule has 0 heterocycles. The van der Waals surface area contributed by atoms with Crippen molar-refractivity contribution in [3.63, 3.8) is 0 Å². The van der Waals surface area contributed by atoms with Gasteiger partial charge in [-0.1, -0.05) is 69.5 Å². The van der Waals surface area contributed by atoms with Gasteiger partial charge in [0.25, 0.3) is 5.91 Å². The number of alkyl halides is 1. The number of hydrogen-bond donors (Lipinski definition) is 4. The van der Waals surface area contributed by atoms with Gasteiger partial charge in [0.05, 0.1) is 12.3 Å². The number of nitrogens with two attached hydrogens (primary N) is 1. The van der Waals surface area contributed by atoms with Crippen LogP contribution in [-0.4, -0.2) is 39.4 Å². The van der Waals surface area contributed by atoms with Crippen molar-refractivity contribution in [3.8, 4) is 5.75 Å². The van der Waals surface area contributed by atoms with E-state index >= 15 is 0 Å². The Kier molecular flexibility index (Phi) is 12.7. The summed E-state index contributed by atoms with van der Waals surface area (Å²) in [5.41, 5.74) is 6.12. The molecule has 1 aromatic rings. The van der Waals surface area contributed by atoms with E-state index in [1.165, 1.54) is 0 Å². The molecule has 0 saturated carbocycles.